The van der Waals surface area contributed by atoms with Gasteiger partial charge in [0.15, 0.2) is 6.10 Å². The van der Waals surface area contributed by atoms with Crippen LogP contribution in [0.3, 0.4) is 0 Å². The summed E-state index contributed by atoms with van der Waals surface area (Å²) in [4.78, 5) is 11.6. The van der Waals surface area contributed by atoms with Crippen LogP contribution in [0.15, 0.2) is 18.2 Å². The monoisotopic (exact) mass is 332 g/mol. The number of rotatable bonds is 8. The summed E-state index contributed by atoms with van der Waals surface area (Å²) < 4.78 is 6.02. The molecule has 1 unspecified atom stereocenters. The second-order valence-electron chi connectivity index (χ2n) is 8.33. The summed E-state index contributed by atoms with van der Waals surface area (Å²) in [6, 6.07) is 6.31. The van der Waals surface area contributed by atoms with Gasteiger partial charge in [-0.05, 0) is 41.2 Å². The zero-order valence-corrected chi connectivity index (χ0v) is 16.6. The van der Waals surface area contributed by atoms with Crippen LogP contribution in [0, 0.1) is 5.92 Å². The van der Waals surface area contributed by atoms with E-state index in [1.165, 1.54) is 5.56 Å². The van der Waals surface area contributed by atoms with Gasteiger partial charge in [-0.25, -0.2) is 0 Å². The summed E-state index contributed by atoms with van der Waals surface area (Å²) in [5.41, 5.74) is 9.94. The lowest BCUT2D eigenvalue weighted by Gasteiger charge is -2.31. The first kappa shape index (κ1) is 20.5. The van der Waals surface area contributed by atoms with Crippen molar-refractivity contribution in [3.8, 4) is 5.75 Å². The number of amides is 1. The van der Waals surface area contributed by atoms with Crippen molar-refractivity contribution in [1.82, 2.24) is 5.73 Å². The van der Waals surface area contributed by atoms with Gasteiger partial charge in [-0.15, -0.1) is 0 Å². The van der Waals surface area contributed by atoms with Gasteiger partial charge in [0.05, 0.1) is 0 Å². The quantitative estimate of drug-likeness (QED) is 0.650. The lowest BCUT2D eigenvalue weighted by atomic mass is 9.76. The summed E-state index contributed by atoms with van der Waals surface area (Å²) >= 11 is 0. The van der Waals surface area contributed by atoms with Gasteiger partial charge in [0.25, 0.3) is 5.91 Å². The van der Waals surface area contributed by atoms with Crippen LogP contribution in [0.2, 0.25) is 0 Å². The molecule has 24 heavy (non-hydrogen) atoms. The minimum Gasteiger partial charge on any atom is -0.480 e. The Morgan fingerprint density at radius 2 is 1.62 bits per heavy atom. The Kier molecular flexibility index (Phi) is 6.49. The van der Waals surface area contributed by atoms with Gasteiger partial charge in [-0.3, -0.25) is 10.5 Å². The molecule has 1 aromatic carbocycles. The highest BCUT2D eigenvalue weighted by Gasteiger charge is 2.29. The van der Waals surface area contributed by atoms with Gasteiger partial charge in [0, 0.05) is 5.56 Å². The summed E-state index contributed by atoms with van der Waals surface area (Å²) in [7, 11) is 0. The van der Waals surface area contributed by atoms with E-state index in [1.54, 1.807) is 0 Å². The van der Waals surface area contributed by atoms with E-state index in [2.05, 4.69) is 53.7 Å². The van der Waals surface area contributed by atoms with Crippen LogP contribution >= 0.6 is 0 Å². The largest absolute Gasteiger partial charge is 0.480 e. The van der Waals surface area contributed by atoms with E-state index in [1.807, 2.05) is 19.9 Å². The number of hydrogen-bond acceptors (Lipinski definition) is 2. The first-order valence-corrected chi connectivity index (χ1v) is 9.03. The minimum absolute atomic E-state index is 0.0284. The maximum Gasteiger partial charge on any atom is 0.279 e. The van der Waals surface area contributed by atoms with Gasteiger partial charge in [-0.1, -0.05) is 67.5 Å². The van der Waals surface area contributed by atoms with Crippen molar-refractivity contribution in [2.75, 3.05) is 0 Å². The fraction of sp³-hybridized carbons (Fsp3) is 0.667. The molecule has 0 saturated carbocycles. The third-order valence-electron chi connectivity index (χ3n) is 5.38. The molecule has 3 heteroatoms. The summed E-state index contributed by atoms with van der Waals surface area (Å²) in [6.45, 7) is 17.1. The zero-order chi connectivity index (χ0) is 18.7. The molecule has 1 aromatic rings. The van der Waals surface area contributed by atoms with Crippen LogP contribution in [0.25, 0.3) is 0 Å². The summed E-state index contributed by atoms with van der Waals surface area (Å²) in [5, 5.41) is 0. The molecule has 0 aliphatic carbocycles. The molecular formula is C21H34NO2. The molecule has 135 valence electrons. The molecule has 0 bridgehead atoms. The lowest BCUT2D eigenvalue weighted by molar-refractivity contribution is -0.127. The van der Waals surface area contributed by atoms with Crippen LogP contribution in [-0.4, -0.2) is 12.0 Å². The molecule has 3 nitrogen and oxygen atoms in total. The molecule has 0 aliphatic rings. The number of benzene rings is 1. The van der Waals surface area contributed by atoms with Crippen molar-refractivity contribution in [2.45, 2.75) is 85.2 Å². The Labute approximate surface area is 148 Å². The Morgan fingerprint density at radius 1 is 1.08 bits per heavy atom. The highest BCUT2D eigenvalue weighted by atomic mass is 16.5. The van der Waals surface area contributed by atoms with Gasteiger partial charge in [0.2, 0.25) is 0 Å². The van der Waals surface area contributed by atoms with Crippen LogP contribution in [0.5, 0.6) is 5.75 Å². The van der Waals surface area contributed by atoms with Gasteiger partial charge < -0.3 is 4.74 Å². The third-order valence-corrected chi connectivity index (χ3v) is 5.38. The van der Waals surface area contributed by atoms with Crippen molar-refractivity contribution in [2.24, 2.45) is 5.92 Å². The van der Waals surface area contributed by atoms with Gasteiger partial charge >= 0.3 is 0 Å². The first-order chi connectivity index (χ1) is 11.0. The lowest BCUT2D eigenvalue weighted by Crippen LogP contribution is -2.34. The number of hydrogen-bond donors (Lipinski definition) is 0. The highest BCUT2D eigenvalue weighted by molar-refractivity contribution is 5.78. The normalized spacial score (nSPS) is 13.9. The summed E-state index contributed by atoms with van der Waals surface area (Å²) in [5.74, 6) is 0.0411. The van der Waals surface area contributed by atoms with Crippen molar-refractivity contribution in [3.05, 3.63) is 29.3 Å². The van der Waals surface area contributed by atoms with Crippen LogP contribution in [-0.2, 0) is 15.6 Å². The second kappa shape index (κ2) is 7.58. The average molecular weight is 333 g/mol. The fourth-order valence-electron chi connectivity index (χ4n) is 2.61. The van der Waals surface area contributed by atoms with E-state index in [0.29, 0.717) is 0 Å². The Bertz CT molecular complexity index is 573. The van der Waals surface area contributed by atoms with Crippen molar-refractivity contribution >= 4 is 5.91 Å². The van der Waals surface area contributed by atoms with Crippen LogP contribution in [0.1, 0.15) is 79.4 Å². The smallest absolute Gasteiger partial charge is 0.279 e. The van der Waals surface area contributed by atoms with E-state index in [9.17, 15) is 4.79 Å². The predicted octanol–water partition coefficient (Wildman–Crippen LogP) is 5.27. The van der Waals surface area contributed by atoms with Gasteiger partial charge in [-0.2, -0.15) is 0 Å². The molecule has 0 fully saturated rings. The zero-order valence-electron chi connectivity index (χ0n) is 16.6. The minimum atomic E-state index is -0.721. The molecule has 0 saturated heterocycles. The highest BCUT2D eigenvalue weighted by Crippen LogP contribution is 2.39. The van der Waals surface area contributed by atoms with E-state index in [4.69, 9.17) is 10.5 Å². The molecular weight excluding hydrogens is 298 g/mol. The standard InChI is InChI=1S/C21H34NO2/c1-9-20(5,6)15-11-12-17(16(13-15)21(7,8)10-2)24-18(14(3)4)19(22)23/h11-14,18,22H,9-10H2,1-8H3. The van der Waals surface area contributed by atoms with E-state index >= 15 is 0 Å². The molecule has 1 radical (unpaired) electrons. The molecule has 0 spiro atoms. The maximum absolute atomic E-state index is 11.6. The van der Waals surface area contributed by atoms with Crippen molar-refractivity contribution < 1.29 is 9.53 Å². The number of carbonyl (C=O) groups is 1. The van der Waals surface area contributed by atoms with Crippen LogP contribution in [0.4, 0.5) is 0 Å². The Balaban J connectivity index is 3.42. The van der Waals surface area contributed by atoms with E-state index < -0.39 is 12.0 Å². The van der Waals surface area contributed by atoms with E-state index in [0.717, 1.165) is 24.2 Å². The molecule has 1 rings (SSSR count). The van der Waals surface area contributed by atoms with E-state index in [-0.39, 0.29) is 16.7 Å². The average Bonchev–Trinajstić information content (AvgIpc) is 2.51. The topological polar surface area (TPSA) is 50.1 Å². The molecule has 1 amide bonds. The Morgan fingerprint density at radius 3 is 2.04 bits per heavy atom. The number of nitrogens with one attached hydrogen (secondary N) is 1. The first-order valence-electron chi connectivity index (χ1n) is 9.03. The molecule has 0 aromatic heterocycles. The number of ether oxygens (including phenoxy) is 1. The molecule has 0 heterocycles. The summed E-state index contributed by atoms with van der Waals surface area (Å²) in [6.07, 6.45) is 1.31. The maximum atomic E-state index is 11.6. The SMILES string of the molecule is CCC(C)(C)c1ccc(OC(C([NH])=O)C(C)C)c(C(C)(C)CC)c1. The van der Waals surface area contributed by atoms with Crippen LogP contribution < -0.4 is 10.5 Å². The van der Waals surface area contributed by atoms with Gasteiger partial charge in [0.1, 0.15) is 5.75 Å². The van der Waals surface area contributed by atoms with Crippen molar-refractivity contribution in [1.29, 1.82) is 0 Å². The predicted molar refractivity (Wildman–Crippen MR) is 100 cm³/mol. The second-order valence-corrected chi connectivity index (χ2v) is 8.33. The fourth-order valence-corrected chi connectivity index (χ4v) is 2.61. The Hall–Kier alpha value is -1.51. The molecule has 1 atom stereocenters. The number of carbonyl (C=O) groups excluding carboxylic acids is 1. The molecule has 0 aliphatic heterocycles. The third kappa shape index (κ3) is 4.52. The van der Waals surface area contributed by atoms with Crippen molar-refractivity contribution in [3.63, 3.8) is 0 Å². The molecule has 1 N–H and O–H groups in total.